The molecule has 1 aliphatic carbocycles. The molecule has 1 saturated heterocycles. The van der Waals surface area contributed by atoms with Gasteiger partial charge >= 0.3 is 5.97 Å². The summed E-state index contributed by atoms with van der Waals surface area (Å²) in [4.78, 5) is 21.5. The van der Waals surface area contributed by atoms with Gasteiger partial charge in [0.1, 0.15) is 0 Å². The summed E-state index contributed by atoms with van der Waals surface area (Å²) < 4.78 is 45.2. The van der Waals surface area contributed by atoms with E-state index in [1.807, 2.05) is 6.07 Å². The van der Waals surface area contributed by atoms with Gasteiger partial charge in [-0.15, -0.1) is 11.3 Å². The second kappa shape index (κ2) is 9.73. The van der Waals surface area contributed by atoms with E-state index in [2.05, 4.69) is 16.0 Å². The Balaban J connectivity index is 1.47. The molecular weight excluding hydrogens is 526 g/mol. The fourth-order valence-corrected chi connectivity index (χ4v) is 6.92. The van der Waals surface area contributed by atoms with Crippen LogP contribution >= 0.6 is 11.3 Å². The van der Waals surface area contributed by atoms with Crippen molar-refractivity contribution in [2.75, 3.05) is 19.8 Å². The van der Waals surface area contributed by atoms with Crippen molar-refractivity contribution < 1.29 is 27.4 Å². The van der Waals surface area contributed by atoms with E-state index in [-0.39, 0.29) is 22.2 Å². The molecule has 196 valence electrons. The normalized spacial score (nSPS) is 17.1. The minimum absolute atomic E-state index is 0.150. The summed E-state index contributed by atoms with van der Waals surface area (Å²) in [6, 6.07) is 10.2. The average molecular weight is 552 g/mol. The van der Waals surface area contributed by atoms with Gasteiger partial charge in [0.15, 0.2) is 11.4 Å². The molecule has 3 aromatic heterocycles. The topological polar surface area (TPSA) is 110 Å². The summed E-state index contributed by atoms with van der Waals surface area (Å²) in [5, 5.41) is 2.55. The van der Waals surface area contributed by atoms with Crippen LogP contribution in [0.5, 0.6) is 0 Å². The molecule has 4 heterocycles. The molecular formula is C27H25N3O6S2. The zero-order chi connectivity index (χ0) is 26.3. The number of thiazole rings is 1. The van der Waals surface area contributed by atoms with Crippen LogP contribution in [0.3, 0.4) is 0 Å². The summed E-state index contributed by atoms with van der Waals surface area (Å²) in [5.41, 5.74) is 3.32. The predicted octanol–water partition coefficient (Wildman–Crippen LogP) is 4.88. The van der Waals surface area contributed by atoms with Crippen LogP contribution in [-0.2, 0) is 24.2 Å². The van der Waals surface area contributed by atoms with Gasteiger partial charge in [-0.05, 0) is 42.7 Å². The number of carbonyl (C=O) groups is 1. The van der Waals surface area contributed by atoms with Crippen molar-refractivity contribution in [2.45, 2.75) is 36.9 Å². The molecule has 0 radical (unpaired) electrons. The van der Waals surface area contributed by atoms with E-state index in [0.29, 0.717) is 36.3 Å². The molecule has 1 aromatic carbocycles. The molecule has 0 unspecified atom stereocenters. The van der Waals surface area contributed by atoms with E-state index >= 15 is 0 Å². The maximum atomic E-state index is 13.6. The Labute approximate surface area is 223 Å². The number of aromatic nitrogens is 3. The molecule has 1 spiro atoms. The first kappa shape index (κ1) is 24.9. The molecule has 9 nitrogen and oxygen atoms in total. The summed E-state index contributed by atoms with van der Waals surface area (Å²) in [7, 11) is -3.93. The lowest BCUT2D eigenvalue weighted by atomic mass is 9.90. The molecule has 4 aromatic rings. The Hall–Kier alpha value is -3.38. The van der Waals surface area contributed by atoms with E-state index in [1.54, 1.807) is 48.8 Å². The Morgan fingerprint density at radius 2 is 2.00 bits per heavy atom. The Morgan fingerprint density at radius 1 is 1.21 bits per heavy atom. The third-order valence-electron chi connectivity index (χ3n) is 6.76. The quantitative estimate of drug-likeness (QED) is 0.312. The van der Waals surface area contributed by atoms with Crippen LogP contribution < -0.4 is 0 Å². The van der Waals surface area contributed by atoms with Crippen LogP contribution in [0.15, 0.2) is 65.1 Å². The SMILES string of the molecule is CCOC(=O)c1nc(-c2cn(S(=O)(=O)c3ccccc3)c3ncc(C4=CCC5(CC4)OCCO5)cc23)cs1. The van der Waals surface area contributed by atoms with Gasteiger partial charge in [0.2, 0.25) is 5.01 Å². The molecule has 0 bridgehead atoms. The predicted molar refractivity (Wildman–Crippen MR) is 142 cm³/mol. The van der Waals surface area contributed by atoms with Gasteiger partial charge in [-0.25, -0.2) is 27.2 Å². The highest BCUT2D eigenvalue weighted by Gasteiger charge is 2.38. The van der Waals surface area contributed by atoms with Crippen LogP contribution in [-0.4, -0.2) is 53.9 Å². The molecule has 0 amide bonds. The van der Waals surface area contributed by atoms with Crippen molar-refractivity contribution in [3.05, 3.63) is 70.8 Å². The van der Waals surface area contributed by atoms with Gasteiger partial charge in [-0.3, -0.25) is 0 Å². The van der Waals surface area contributed by atoms with Crippen LogP contribution in [0.2, 0.25) is 0 Å². The van der Waals surface area contributed by atoms with Crippen molar-refractivity contribution in [2.24, 2.45) is 0 Å². The van der Waals surface area contributed by atoms with E-state index in [4.69, 9.17) is 14.2 Å². The third-order valence-corrected chi connectivity index (χ3v) is 9.25. The number of carbonyl (C=O) groups excluding carboxylic acids is 1. The number of hydrogen-bond acceptors (Lipinski definition) is 9. The Morgan fingerprint density at radius 3 is 2.71 bits per heavy atom. The van der Waals surface area contributed by atoms with Gasteiger partial charge in [0.05, 0.1) is 30.4 Å². The molecule has 2 aliphatic rings. The maximum Gasteiger partial charge on any atom is 0.367 e. The summed E-state index contributed by atoms with van der Waals surface area (Å²) >= 11 is 1.15. The summed E-state index contributed by atoms with van der Waals surface area (Å²) in [6.07, 6.45) is 7.46. The first-order chi connectivity index (χ1) is 18.4. The first-order valence-electron chi connectivity index (χ1n) is 12.3. The fourth-order valence-electron chi connectivity index (χ4n) is 4.86. The second-order valence-corrected chi connectivity index (χ2v) is 11.7. The third kappa shape index (κ3) is 4.35. The first-order valence-corrected chi connectivity index (χ1v) is 14.6. The lowest BCUT2D eigenvalue weighted by Gasteiger charge is -2.30. The fraction of sp³-hybridized carbons (Fsp3) is 0.296. The van der Waals surface area contributed by atoms with Gasteiger partial charge in [0, 0.05) is 41.6 Å². The number of pyridine rings is 1. The molecule has 0 saturated carbocycles. The molecule has 1 aliphatic heterocycles. The van der Waals surface area contributed by atoms with Crippen molar-refractivity contribution in [3.8, 4) is 11.3 Å². The largest absolute Gasteiger partial charge is 0.461 e. The molecule has 1 fully saturated rings. The van der Waals surface area contributed by atoms with Gasteiger partial charge in [-0.2, -0.15) is 0 Å². The number of nitrogens with zero attached hydrogens (tertiary/aromatic N) is 3. The van der Waals surface area contributed by atoms with Crippen LogP contribution in [0.1, 0.15) is 41.6 Å². The number of hydrogen-bond donors (Lipinski definition) is 0. The van der Waals surface area contributed by atoms with Gasteiger partial charge in [-0.1, -0.05) is 24.3 Å². The number of allylic oxidation sites excluding steroid dienone is 1. The van der Waals surface area contributed by atoms with Crippen LogP contribution in [0, 0.1) is 0 Å². The highest BCUT2D eigenvalue weighted by atomic mass is 32.2. The van der Waals surface area contributed by atoms with E-state index in [9.17, 15) is 13.2 Å². The molecule has 0 N–H and O–H groups in total. The standard InChI is InChI=1S/C27H25N3O6S2/c1-2-34-26(31)25-29-23(17-37-25)22-16-30(38(32,33)20-6-4-3-5-7-20)24-21(22)14-19(15-28-24)18-8-10-27(11-9-18)35-12-13-36-27/h3-8,14-17H,2,9-13H2,1H3. The van der Waals surface area contributed by atoms with Crippen molar-refractivity contribution >= 4 is 43.9 Å². The Kier molecular flexibility index (Phi) is 6.39. The van der Waals surface area contributed by atoms with E-state index in [0.717, 1.165) is 35.3 Å². The summed E-state index contributed by atoms with van der Waals surface area (Å²) in [5.74, 6) is -1.05. The second-order valence-electron chi connectivity index (χ2n) is 9.05. The van der Waals surface area contributed by atoms with E-state index < -0.39 is 21.8 Å². The number of rotatable bonds is 6. The van der Waals surface area contributed by atoms with Crippen molar-refractivity contribution in [3.63, 3.8) is 0 Å². The van der Waals surface area contributed by atoms with Crippen LogP contribution in [0.25, 0.3) is 27.9 Å². The zero-order valence-electron chi connectivity index (χ0n) is 20.6. The zero-order valence-corrected chi connectivity index (χ0v) is 22.3. The molecule has 38 heavy (non-hydrogen) atoms. The molecule has 0 atom stereocenters. The van der Waals surface area contributed by atoms with E-state index in [1.165, 1.54) is 10.2 Å². The molecule has 11 heteroatoms. The number of fused-ring (bicyclic) bond motifs is 1. The summed E-state index contributed by atoms with van der Waals surface area (Å²) in [6.45, 7) is 3.17. The minimum atomic E-state index is -3.93. The monoisotopic (exact) mass is 551 g/mol. The lowest BCUT2D eigenvalue weighted by molar-refractivity contribution is -0.159. The highest BCUT2D eigenvalue weighted by molar-refractivity contribution is 7.90. The number of ether oxygens (including phenoxy) is 3. The average Bonchev–Trinajstić information content (AvgIpc) is 3.69. The lowest BCUT2D eigenvalue weighted by Crippen LogP contribution is -2.31. The van der Waals surface area contributed by atoms with Crippen LogP contribution in [0.4, 0.5) is 0 Å². The van der Waals surface area contributed by atoms with Gasteiger partial charge < -0.3 is 14.2 Å². The number of benzene rings is 1. The number of esters is 1. The van der Waals surface area contributed by atoms with Gasteiger partial charge in [0.25, 0.3) is 10.0 Å². The highest BCUT2D eigenvalue weighted by Crippen LogP contribution is 2.40. The maximum absolute atomic E-state index is 13.6. The molecule has 6 rings (SSSR count). The Bertz CT molecular complexity index is 1650. The van der Waals surface area contributed by atoms with Crippen molar-refractivity contribution in [1.29, 1.82) is 0 Å². The minimum Gasteiger partial charge on any atom is -0.461 e. The smallest absolute Gasteiger partial charge is 0.367 e. The van der Waals surface area contributed by atoms with Crippen molar-refractivity contribution in [1.82, 2.24) is 13.9 Å².